The Morgan fingerprint density at radius 2 is 1.09 bits per heavy atom. The van der Waals surface area contributed by atoms with Gasteiger partial charge in [0.1, 0.15) is 42.7 Å². The van der Waals surface area contributed by atoms with Crippen LogP contribution in [0.5, 0.6) is 0 Å². The van der Waals surface area contributed by atoms with E-state index in [-0.39, 0.29) is 118 Å². The Balaban J connectivity index is -0.00000420. The molecule has 0 N–H and O–H groups in total. The minimum Gasteiger partial charge on any atom is -0.726 e. The molecule has 2 aliphatic heterocycles. The third-order valence-electron chi connectivity index (χ3n) is 5.49. The predicted octanol–water partition coefficient (Wildman–Crippen LogP) is -17.6. The van der Waals surface area contributed by atoms with Crippen LogP contribution in [0.1, 0.15) is 0 Å². The zero-order valence-electron chi connectivity index (χ0n) is 24.8. The van der Waals surface area contributed by atoms with Crippen molar-refractivity contribution in [1.82, 2.24) is 0 Å². The standard InChI is InChI=1S/C16H28O21S3.4Na/c1-28-8-9(29-2)12(30-3)16(35-11(8)14(17)18)34-7-6(5-32-38(19,20)21)33-15(31-4)13(37-40(25,26)27)10(7)36-39(22,23)24;;;;/h6-13,15-16H,5H2,1-4H3,(H,17,18)(H,19,20,21)(H,22,23,24)(H,25,26,27);;;;/q;4*+1/p-4/t6-,7+,8+,9+,10+,11-,12-,13-,15+,16-;;;;/m1..../s1. The van der Waals surface area contributed by atoms with Crippen LogP contribution in [0, 0.1) is 0 Å². The largest absolute Gasteiger partial charge is 1.00 e. The molecule has 0 amide bonds. The van der Waals surface area contributed by atoms with Crippen molar-refractivity contribution in [3.63, 3.8) is 0 Å². The number of methoxy groups -OCH3 is 4. The Hall–Kier alpha value is 2.80. The van der Waals surface area contributed by atoms with Gasteiger partial charge in [-0.2, -0.15) is 0 Å². The molecule has 0 spiro atoms. The maximum atomic E-state index is 11.7. The Morgan fingerprint density at radius 3 is 1.48 bits per heavy atom. The molecule has 0 bridgehead atoms. The molecule has 236 valence electrons. The first kappa shape index (κ1) is 51.2. The molecule has 0 aliphatic carbocycles. The first-order valence-electron chi connectivity index (χ1n) is 10.5. The Bertz CT molecular complexity index is 1190. The first-order chi connectivity index (χ1) is 18.4. The van der Waals surface area contributed by atoms with Gasteiger partial charge in [0.2, 0.25) is 31.2 Å². The second-order valence-electron chi connectivity index (χ2n) is 7.86. The number of rotatable bonds is 14. The van der Waals surface area contributed by atoms with Crippen molar-refractivity contribution >= 4 is 37.2 Å². The number of carboxylic acids is 1. The molecule has 0 unspecified atom stereocenters. The molecular formula is C16H24Na4O21S3. The number of hydrogen-bond donors (Lipinski definition) is 0. The molecule has 2 heterocycles. The molecule has 0 aromatic heterocycles. The Morgan fingerprint density at radius 1 is 0.614 bits per heavy atom. The van der Waals surface area contributed by atoms with Crippen LogP contribution in [0.4, 0.5) is 0 Å². The molecule has 0 aromatic carbocycles. The van der Waals surface area contributed by atoms with Crippen LogP contribution >= 0.6 is 0 Å². The SMILES string of the molecule is CO[C@H]1O[C@H](COS(=O)(=O)[O-])[C@H](O[C@@H]2O[C@@H](C(=O)[O-])[C@@H](OC)[C@H](OC)[C@H]2OC)[C@H](OS(=O)(=O)[O-])[C@H]1OS(=O)(=O)[O-].[Na+].[Na+].[Na+].[Na+]. The van der Waals surface area contributed by atoms with Gasteiger partial charge in [0.05, 0.1) is 12.6 Å². The average molecular weight is 741 g/mol. The Kier molecular flexibility index (Phi) is 25.5. The average Bonchev–Trinajstić information content (AvgIpc) is 2.82. The van der Waals surface area contributed by atoms with E-state index in [2.05, 4.69) is 12.5 Å². The van der Waals surface area contributed by atoms with Gasteiger partial charge in [-0.05, 0) is 0 Å². The normalized spacial score (nSPS) is 32.6. The van der Waals surface area contributed by atoms with E-state index in [1.54, 1.807) is 0 Å². The number of hydrogen-bond acceptors (Lipinski definition) is 21. The molecule has 2 aliphatic rings. The van der Waals surface area contributed by atoms with E-state index in [1.165, 1.54) is 0 Å². The van der Waals surface area contributed by atoms with E-state index in [4.69, 9.17) is 33.2 Å². The van der Waals surface area contributed by atoms with Crippen LogP contribution in [0.2, 0.25) is 0 Å². The summed E-state index contributed by atoms with van der Waals surface area (Å²) in [6.07, 6.45) is -19.4. The molecule has 0 aromatic rings. The summed E-state index contributed by atoms with van der Waals surface area (Å²) in [5, 5.41) is 11.7. The van der Waals surface area contributed by atoms with Gasteiger partial charge in [-0.1, -0.05) is 0 Å². The van der Waals surface area contributed by atoms with Gasteiger partial charge in [-0.25, -0.2) is 25.3 Å². The van der Waals surface area contributed by atoms with Crippen LogP contribution < -0.4 is 123 Å². The second-order valence-corrected chi connectivity index (χ2v) is 10.9. The molecule has 2 rings (SSSR count). The predicted molar refractivity (Wildman–Crippen MR) is 111 cm³/mol. The molecular weight excluding hydrogens is 716 g/mol. The summed E-state index contributed by atoms with van der Waals surface area (Å²) in [5.41, 5.74) is 0. The van der Waals surface area contributed by atoms with Gasteiger partial charge in [0.25, 0.3) is 0 Å². The molecule has 0 radical (unpaired) electrons. The van der Waals surface area contributed by atoms with Crippen molar-refractivity contribution < 1.29 is 213 Å². The molecule has 44 heavy (non-hydrogen) atoms. The van der Waals surface area contributed by atoms with Crippen molar-refractivity contribution in [2.45, 2.75) is 61.4 Å². The minimum absolute atomic E-state index is 0. The summed E-state index contributed by atoms with van der Waals surface area (Å²) in [5.74, 6) is -1.86. The van der Waals surface area contributed by atoms with E-state index in [0.717, 1.165) is 28.4 Å². The fourth-order valence-corrected chi connectivity index (χ4v) is 5.30. The van der Waals surface area contributed by atoms with Crippen molar-refractivity contribution in [2.75, 3.05) is 35.0 Å². The van der Waals surface area contributed by atoms with Gasteiger partial charge in [-0.15, -0.1) is 0 Å². The molecule has 2 fully saturated rings. The third-order valence-corrected chi connectivity index (χ3v) is 6.83. The van der Waals surface area contributed by atoms with E-state index in [0.29, 0.717) is 0 Å². The first-order valence-corrected chi connectivity index (χ1v) is 14.5. The smallest absolute Gasteiger partial charge is 0.726 e. The zero-order valence-corrected chi connectivity index (χ0v) is 35.2. The van der Waals surface area contributed by atoms with Crippen LogP contribution in [0.3, 0.4) is 0 Å². The van der Waals surface area contributed by atoms with E-state index >= 15 is 0 Å². The van der Waals surface area contributed by atoms with Crippen LogP contribution in [0.25, 0.3) is 0 Å². The van der Waals surface area contributed by atoms with E-state index < -0.39 is 105 Å². The van der Waals surface area contributed by atoms with E-state index in [1.807, 2.05) is 0 Å². The minimum atomic E-state index is -5.82. The zero-order chi connectivity index (χ0) is 30.6. The number of aliphatic carboxylic acids is 1. The molecule has 0 saturated carbocycles. The van der Waals surface area contributed by atoms with Crippen molar-refractivity contribution in [3.05, 3.63) is 0 Å². The number of ether oxygens (including phenoxy) is 7. The fourth-order valence-electron chi connectivity index (χ4n) is 4.04. The van der Waals surface area contributed by atoms with Crippen LogP contribution in [-0.2, 0) is 81.7 Å². The van der Waals surface area contributed by atoms with Crippen LogP contribution in [-0.4, -0.2) is 141 Å². The summed E-state index contributed by atoms with van der Waals surface area (Å²) in [6, 6.07) is 0. The fraction of sp³-hybridized carbons (Fsp3) is 0.938. The summed E-state index contributed by atoms with van der Waals surface area (Å²) in [4.78, 5) is 11.7. The Labute approximate surface area is 341 Å². The summed E-state index contributed by atoms with van der Waals surface area (Å²) in [6.45, 7) is -1.31. The summed E-state index contributed by atoms with van der Waals surface area (Å²) >= 11 is 0. The number of carboxylic acid groups (broad SMARTS) is 1. The maximum absolute atomic E-state index is 11.7. The van der Waals surface area contributed by atoms with E-state index in [9.17, 15) is 48.8 Å². The van der Waals surface area contributed by atoms with Crippen LogP contribution in [0.15, 0.2) is 0 Å². The van der Waals surface area contributed by atoms with Gasteiger partial charge in [-0.3, -0.25) is 12.5 Å². The number of carbonyl (C=O) groups excluding carboxylic acids is 1. The summed E-state index contributed by atoms with van der Waals surface area (Å²) < 4.78 is 151. The van der Waals surface area contributed by atoms with Gasteiger partial charge in [0, 0.05) is 28.4 Å². The third kappa shape index (κ3) is 15.4. The maximum Gasteiger partial charge on any atom is 1.00 e. The second kappa shape index (κ2) is 21.9. The van der Waals surface area contributed by atoms with Gasteiger partial charge >= 0.3 is 118 Å². The molecule has 28 heteroatoms. The summed E-state index contributed by atoms with van der Waals surface area (Å²) in [7, 11) is -12.9. The monoisotopic (exact) mass is 740 g/mol. The van der Waals surface area contributed by atoms with Crippen molar-refractivity contribution in [3.8, 4) is 0 Å². The topological polar surface area (TPSA) is 304 Å². The quantitative estimate of drug-likeness (QED) is 0.0906. The van der Waals surface area contributed by atoms with Crippen molar-refractivity contribution in [1.29, 1.82) is 0 Å². The van der Waals surface area contributed by atoms with Gasteiger partial charge in [0.15, 0.2) is 18.7 Å². The molecule has 2 saturated heterocycles. The van der Waals surface area contributed by atoms with Gasteiger partial charge < -0.3 is 56.7 Å². The molecule has 10 atom stereocenters. The molecule has 21 nitrogen and oxygen atoms in total. The van der Waals surface area contributed by atoms with Crippen molar-refractivity contribution in [2.24, 2.45) is 0 Å². The number of carbonyl (C=O) groups is 1.